The summed E-state index contributed by atoms with van der Waals surface area (Å²) in [6.07, 6.45) is 0. The van der Waals surface area contributed by atoms with Crippen LogP contribution in [0.3, 0.4) is 0 Å². The van der Waals surface area contributed by atoms with E-state index in [1.54, 1.807) is 6.07 Å². The number of rotatable bonds is 4. The number of carbonyl (C=O) groups is 1. The molecule has 0 saturated carbocycles. The fourth-order valence-corrected chi connectivity index (χ4v) is 1.72. The number of nitrogens with one attached hydrogen (secondary N) is 2. The third-order valence-electron chi connectivity index (χ3n) is 2.79. The molecule has 0 heterocycles. The van der Waals surface area contributed by atoms with Gasteiger partial charge in [0.1, 0.15) is 11.6 Å². The summed E-state index contributed by atoms with van der Waals surface area (Å²) < 4.78 is 26.3. The number of amides is 1. The minimum atomic E-state index is -0.602. The molecule has 0 aromatic heterocycles. The van der Waals surface area contributed by atoms with Crippen LogP contribution in [0.2, 0.25) is 0 Å². The number of hydrogen-bond acceptors (Lipinski definition) is 2. The smallest absolute Gasteiger partial charge is 0.243 e. The fourth-order valence-electron chi connectivity index (χ4n) is 1.72. The fraction of sp³-hybridized carbons (Fsp3) is 0.133. The Kier molecular flexibility index (Phi) is 4.30. The molecule has 5 heteroatoms. The summed E-state index contributed by atoms with van der Waals surface area (Å²) in [7, 11) is 0. The van der Waals surface area contributed by atoms with Crippen molar-refractivity contribution in [2.45, 2.75) is 6.92 Å². The maximum Gasteiger partial charge on any atom is 0.243 e. The third kappa shape index (κ3) is 3.54. The van der Waals surface area contributed by atoms with E-state index < -0.39 is 11.6 Å². The van der Waals surface area contributed by atoms with Crippen molar-refractivity contribution < 1.29 is 13.6 Å². The second kappa shape index (κ2) is 6.14. The molecular weight excluding hydrogens is 262 g/mol. The van der Waals surface area contributed by atoms with Crippen LogP contribution < -0.4 is 10.6 Å². The Bertz CT molecular complexity index is 629. The molecule has 3 nitrogen and oxygen atoms in total. The highest BCUT2D eigenvalue weighted by Crippen LogP contribution is 2.15. The van der Waals surface area contributed by atoms with Crippen molar-refractivity contribution in [3.8, 4) is 0 Å². The van der Waals surface area contributed by atoms with E-state index in [0.29, 0.717) is 5.69 Å². The van der Waals surface area contributed by atoms with Gasteiger partial charge in [-0.15, -0.1) is 0 Å². The quantitative estimate of drug-likeness (QED) is 0.899. The van der Waals surface area contributed by atoms with Crippen molar-refractivity contribution in [2.75, 3.05) is 17.2 Å². The van der Waals surface area contributed by atoms with E-state index in [4.69, 9.17) is 0 Å². The minimum Gasteiger partial charge on any atom is -0.374 e. The van der Waals surface area contributed by atoms with Gasteiger partial charge >= 0.3 is 0 Å². The van der Waals surface area contributed by atoms with Gasteiger partial charge in [0, 0.05) is 5.69 Å². The van der Waals surface area contributed by atoms with Crippen molar-refractivity contribution in [3.05, 3.63) is 59.7 Å². The Morgan fingerprint density at radius 1 is 1.10 bits per heavy atom. The average Bonchev–Trinajstić information content (AvgIpc) is 2.42. The van der Waals surface area contributed by atoms with E-state index in [9.17, 15) is 13.6 Å². The molecule has 2 rings (SSSR count). The molecule has 0 aliphatic heterocycles. The molecule has 0 aliphatic carbocycles. The van der Waals surface area contributed by atoms with E-state index in [1.165, 1.54) is 0 Å². The maximum atomic E-state index is 13.4. The summed E-state index contributed by atoms with van der Waals surface area (Å²) in [6, 6.07) is 10.4. The van der Waals surface area contributed by atoms with Crippen molar-refractivity contribution in [1.82, 2.24) is 0 Å². The van der Waals surface area contributed by atoms with Crippen LogP contribution in [-0.4, -0.2) is 12.5 Å². The summed E-state index contributed by atoms with van der Waals surface area (Å²) in [5.74, 6) is -1.49. The van der Waals surface area contributed by atoms with Gasteiger partial charge in [-0.05, 0) is 36.8 Å². The van der Waals surface area contributed by atoms with Crippen molar-refractivity contribution in [1.29, 1.82) is 0 Å². The molecule has 0 radical (unpaired) electrons. The first-order valence-electron chi connectivity index (χ1n) is 6.10. The van der Waals surface area contributed by atoms with E-state index >= 15 is 0 Å². The van der Waals surface area contributed by atoms with Crippen molar-refractivity contribution in [3.63, 3.8) is 0 Å². The number of hydrogen-bond donors (Lipinski definition) is 2. The van der Waals surface area contributed by atoms with E-state index in [1.807, 2.05) is 25.1 Å². The van der Waals surface area contributed by atoms with Crippen LogP contribution in [0.1, 0.15) is 5.56 Å². The molecule has 104 valence electrons. The zero-order valence-electron chi connectivity index (χ0n) is 10.9. The van der Waals surface area contributed by atoms with E-state index in [2.05, 4.69) is 10.6 Å². The van der Waals surface area contributed by atoms with Gasteiger partial charge in [0.25, 0.3) is 0 Å². The van der Waals surface area contributed by atoms with Crippen molar-refractivity contribution in [2.24, 2.45) is 0 Å². The summed E-state index contributed by atoms with van der Waals surface area (Å²) >= 11 is 0. The van der Waals surface area contributed by atoms with Gasteiger partial charge in [-0.2, -0.15) is 0 Å². The molecule has 20 heavy (non-hydrogen) atoms. The molecule has 2 aromatic carbocycles. The highest BCUT2D eigenvalue weighted by atomic mass is 19.1. The molecule has 0 unspecified atom stereocenters. The topological polar surface area (TPSA) is 41.1 Å². The molecule has 2 aromatic rings. The Morgan fingerprint density at radius 2 is 1.85 bits per heavy atom. The molecule has 2 N–H and O–H groups in total. The molecule has 0 fully saturated rings. The predicted molar refractivity (Wildman–Crippen MR) is 74.7 cm³/mol. The zero-order chi connectivity index (χ0) is 14.5. The van der Waals surface area contributed by atoms with Gasteiger partial charge < -0.3 is 10.6 Å². The van der Waals surface area contributed by atoms with Crippen molar-refractivity contribution >= 4 is 17.3 Å². The lowest BCUT2D eigenvalue weighted by Crippen LogP contribution is -2.22. The van der Waals surface area contributed by atoms with Gasteiger partial charge in [0.15, 0.2) is 0 Å². The summed E-state index contributed by atoms with van der Waals surface area (Å²) in [4.78, 5) is 11.7. The normalized spacial score (nSPS) is 10.2. The SMILES string of the molecule is Cc1ccccc1NC(=O)CNc1cc(F)ccc1F. The number of aryl methyl sites for hydroxylation is 1. The Labute approximate surface area is 115 Å². The van der Waals surface area contributed by atoms with Crippen LogP contribution in [0.4, 0.5) is 20.2 Å². The average molecular weight is 276 g/mol. The highest BCUT2D eigenvalue weighted by molar-refractivity contribution is 5.94. The summed E-state index contributed by atoms with van der Waals surface area (Å²) in [6.45, 7) is 1.73. The first-order valence-corrected chi connectivity index (χ1v) is 6.10. The van der Waals surface area contributed by atoms with Gasteiger partial charge in [-0.3, -0.25) is 4.79 Å². The van der Waals surface area contributed by atoms with Gasteiger partial charge in [-0.1, -0.05) is 18.2 Å². The lowest BCUT2D eigenvalue weighted by atomic mass is 10.2. The lowest BCUT2D eigenvalue weighted by molar-refractivity contribution is -0.114. The van der Waals surface area contributed by atoms with Gasteiger partial charge in [-0.25, -0.2) is 8.78 Å². The molecule has 0 saturated heterocycles. The zero-order valence-corrected chi connectivity index (χ0v) is 10.9. The van der Waals surface area contributed by atoms with Crippen LogP contribution in [0.25, 0.3) is 0 Å². The third-order valence-corrected chi connectivity index (χ3v) is 2.79. The largest absolute Gasteiger partial charge is 0.374 e. The molecule has 0 atom stereocenters. The monoisotopic (exact) mass is 276 g/mol. The molecule has 0 aliphatic rings. The van der Waals surface area contributed by atoms with Crippen LogP contribution >= 0.6 is 0 Å². The number of anilines is 2. The molecule has 1 amide bonds. The number of carbonyl (C=O) groups excluding carboxylic acids is 1. The van der Waals surface area contributed by atoms with Gasteiger partial charge in [0.05, 0.1) is 12.2 Å². The van der Waals surface area contributed by atoms with Crippen LogP contribution in [-0.2, 0) is 4.79 Å². The Morgan fingerprint density at radius 3 is 2.60 bits per heavy atom. The maximum absolute atomic E-state index is 13.4. The minimum absolute atomic E-state index is 0.0371. The number of para-hydroxylation sites is 1. The second-order valence-corrected chi connectivity index (χ2v) is 4.34. The number of benzene rings is 2. The highest BCUT2D eigenvalue weighted by Gasteiger charge is 2.07. The first kappa shape index (κ1) is 14.0. The van der Waals surface area contributed by atoms with E-state index in [0.717, 1.165) is 23.8 Å². The Balaban J connectivity index is 1.96. The first-order chi connectivity index (χ1) is 9.56. The summed E-state index contributed by atoms with van der Waals surface area (Å²) in [5.41, 5.74) is 1.58. The van der Waals surface area contributed by atoms with Gasteiger partial charge in [0.2, 0.25) is 5.91 Å². The summed E-state index contributed by atoms with van der Waals surface area (Å²) in [5, 5.41) is 5.26. The molecule has 0 spiro atoms. The molecule has 0 bridgehead atoms. The lowest BCUT2D eigenvalue weighted by Gasteiger charge is -2.10. The Hall–Kier alpha value is -2.43. The standard InChI is InChI=1S/C15H14F2N2O/c1-10-4-2-3-5-13(10)19-15(20)9-18-14-8-11(16)6-7-12(14)17/h2-8,18H,9H2,1H3,(H,19,20). The van der Waals surface area contributed by atoms with Crippen LogP contribution in [0.5, 0.6) is 0 Å². The van der Waals surface area contributed by atoms with Crippen LogP contribution in [0.15, 0.2) is 42.5 Å². The van der Waals surface area contributed by atoms with Crippen LogP contribution in [0, 0.1) is 18.6 Å². The van der Waals surface area contributed by atoms with E-state index in [-0.39, 0.29) is 18.1 Å². The predicted octanol–water partition coefficient (Wildman–Crippen LogP) is 3.32. The number of halogens is 2. The second-order valence-electron chi connectivity index (χ2n) is 4.34. The molecular formula is C15H14F2N2O.